The predicted molar refractivity (Wildman–Crippen MR) is 91.5 cm³/mol. The van der Waals surface area contributed by atoms with Crippen LogP contribution in [0.4, 0.5) is 0 Å². The van der Waals surface area contributed by atoms with Gasteiger partial charge in [0.15, 0.2) is 0 Å². The number of hydrogen-bond acceptors (Lipinski definition) is 7. The second kappa shape index (κ2) is 8.66. The summed E-state index contributed by atoms with van der Waals surface area (Å²) >= 11 is 0. The summed E-state index contributed by atoms with van der Waals surface area (Å²) in [5.41, 5.74) is 0.343. The van der Waals surface area contributed by atoms with E-state index in [1.54, 1.807) is 0 Å². The number of benzene rings is 2. The van der Waals surface area contributed by atoms with E-state index in [9.17, 15) is 4.79 Å². The van der Waals surface area contributed by atoms with E-state index < -0.39 is 5.97 Å². The number of phenolic OH excluding ortho intramolecular Hbond substituents is 2. The van der Waals surface area contributed by atoms with Crippen LogP contribution < -0.4 is 4.74 Å². The highest BCUT2D eigenvalue weighted by molar-refractivity contribution is 5.91. The second-order valence-electron chi connectivity index (χ2n) is 5.88. The van der Waals surface area contributed by atoms with Gasteiger partial charge in [0.1, 0.15) is 29.5 Å². The van der Waals surface area contributed by atoms with Crippen molar-refractivity contribution < 1.29 is 34.0 Å². The fraction of sp³-hybridized carbons (Fsp3) is 0.316. The summed E-state index contributed by atoms with van der Waals surface area (Å²) < 4.78 is 20.2. The molecule has 2 atom stereocenters. The van der Waals surface area contributed by atoms with Crippen LogP contribution >= 0.6 is 0 Å². The summed E-state index contributed by atoms with van der Waals surface area (Å²) in [6.45, 7) is 3.26. The molecule has 2 aromatic carbocycles. The molecule has 0 spiro atoms. The summed E-state index contributed by atoms with van der Waals surface area (Å²) in [6.07, 6.45) is 0.785. The van der Waals surface area contributed by atoms with E-state index in [0.717, 1.165) is 26.4 Å². The van der Waals surface area contributed by atoms with Crippen molar-refractivity contribution in [3.05, 3.63) is 54.1 Å². The second-order valence-corrected chi connectivity index (χ2v) is 5.88. The third kappa shape index (κ3) is 6.36. The van der Waals surface area contributed by atoms with Crippen molar-refractivity contribution in [1.29, 1.82) is 0 Å². The molecule has 26 heavy (non-hydrogen) atoms. The first-order valence-electron chi connectivity index (χ1n) is 8.21. The molecule has 2 fully saturated rings. The number of rotatable bonds is 6. The Morgan fingerprint density at radius 2 is 1.35 bits per heavy atom. The molecule has 4 rings (SSSR count). The number of hydrogen-bond donors (Lipinski definition) is 2. The van der Waals surface area contributed by atoms with Gasteiger partial charge in [-0.15, -0.1) is 0 Å². The molecule has 0 aliphatic carbocycles. The Kier molecular flexibility index (Phi) is 6.06. The van der Waals surface area contributed by atoms with Crippen LogP contribution in [0.5, 0.6) is 17.2 Å². The first kappa shape index (κ1) is 18.2. The highest BCUT2D eigenvalue weighted by atomic mass is 16.6. The fourth-order valence-electron chi connectivity index (χ4n) is 1.94. The molecule has 2 aliphatic heterocycles. The van der Waals surface area contributed by atoms with Crippen LogP contribution in [-0.4, -0.2) is 54.8 Å². The molecule has 2 heterocycles. The maximum Gasteiger partial charge on any atom is 0.343 e. The van der Waals surface area contributed by atoms with Crippen LogP contribution in [0.25, 0.3) is 0 Å². The zero-order chi connectivity index (χ0) is 18.4. The van der Waals surface area contributed by atoms with Crippen LogP contribution in [0.15, 0.2) is 48.5 Å². The molecule has 0 saturated carbocycles. The number of phenols is 2. The molecule has 2 N–H and O–H groups in total. The number of epoxide rings is 2. The topological polar surface area (TPSA) is 101 Å². The quantitative estimate of drug-likeness (QED) is 0.462. The van der Waals surface area contributed by atoms with E-state index in [4.69, 9.17) is 29.2 Å². The van der Waals surface area contributed by atoms with Gasteiger partial charge in [-0.25, -0.2) is 4.79 Å². The minimum absolute atomic E-state index is 0.0891. The van der Waals surface area contributed by atoms with E-state index in [-0.39, 0.29) is 11.5 Å². The summed E-state index contributed by atoms with van der Waals surface area (Å²) in [5.74, 6) is 0.0252. The number of carbonyl (C=O) groups excluding carboxylic acids is 1. The molecule has 2 aliphatic rings. The van der Waals surface area contributed by atoms with E-state index >= 15 is 0 Å². The van der Waals surface area contributed by atoms with Gasteiger partial charge in [0, 0.05) is 0 Å². The monoisotopic (exact) mass is 360 g/mol. The normalized spacial score (nSPS) is 19.8. The predicted octanol–water partition coefficient (Wildman–Crippen LogP) is 2.12. The lowest BCUT2D eigenvalue weighted by Crippen LogP contribution is -2.07. The van der Waals surface area contributed by atoms with E-state index in [2.05, 4.69) is 0 Å². The molecule has 138 valence electrons. The third-order valence-electron chi connectivity index (χ3n) is 3.56. The smallest absolute Gasteiger partial charge is 0.343 e. The first-order valence-corrected chi connectivity index (χ1v) is 8.21. The van der Waals surface area contributed by atoms with E-state index in [1.165, 1.54) is 48.5 Å². The van der Waals surface area contributed by atoms with Crippen LogP contribution in [0.2, 0.25) is 0 Å². The molecule has 0 bridgehead atoms. The molecule has 2 saturated heterocycles. The van der Waals surface area contributed by atoms with Crippen LogP contribution in [0.3, 0.4) is 0 Å². The zero-order valence-corrected chi connectivity index (χ0v) is 14.0. The molecule has 2 unspecified atom stereocenters. The Hall–Kier alpha value is -2.61. The van der Waals surface area contributed by atoms with Gasteiger partial charge in [-0.2, -0.15) is 0 Å². The maximum absolute atomic E-state index is 11.6. The van der Waals surface area contributed by atoms with Gasteiger partial charge in [-0.1, -0.05) is 0 Å². The molecule has 0 amide bonds. The Balaban J connectivity index is 0.000000181. The molecule has 2 aromatic rings. The van der Waals surface area contributed by atoms with Gasteiger partial charge in [0.25, 0.3) is 0 Å². The molecular weight excluding hydrogens is 340 g/mol. The average Bonchev–Trinajstić information content (AvgIpc) is 3.54. The minimum atomic E-state index is -0.518. The van der Waals surface area contributed by atoms with Gasteiger partial charge in [-0.05, 0) is 48.5 Å². The summed E-state index contributed by atoms with van der Waals surface area (Å²) in [6, 6.07) is 11.6. The fourth-order valence-corrected chi connectivity index (χ4v) is 1.94. The Labute approximate surface area is 150 Å². The molecule has 7 heteroatoms. The minimum Gasteiger partial charge on any atom is -0.508 e. The number of aromatic hydroxyl groups is 2. The van der Waals surface area contributed by atoms with Crippen molar-refractivity contribution in [3.8, 4) is 17.2 Å². The lowest BCUT2D eigenvalue weighted by molar-refractivity contribution is 0.0734. The Bertz CT molecular complexity index is 692. The standard InChI is InChI=1S/C13H10O4.C6H10O3/c14-10-3-1-9(2-4-10)13(16)17-12-7-5-11(15)6-8-12;1(5-3-8-5)7-2-6-4-9-6/h1-8,14-15H;5-6H,1-4H2. The SMILES string of the molecule is C(OCC1CO1)C1CO1.O=C(Oc1ccc(O)cc1)c1ccc(O)cc1. The van der Waals surface area contributed by atoms with Crippen molar-refractivity contribution in [1.82, 2.24) is 0 Å². The summed E-state index contributed by atoms with van der Waals surface area (Å²) in [4.78, 5) is 11.6. The molecular formula is C19H20O7. The van der Waals surface area contributed by atoms with Crippen LogP contribution in [-0.2, 0) is 14.2 Å². The highest BCUT2D eigenvalue weighted by Crippen LogP contribution is 2.18. The van der Waals surface area contributed by atoms with Crippen molar-refractivity contribution in [2.75, 3.05) is 26.4 Å². The summed E-state index contributed by atoms with van der Waals surface area (Å²) in [7, 11) is 0. The van der Waals surface area contributed by atoms with Crippen molar-refractivity contribution in [3.63, 3.8) is 0 Å². The van der Waals surface area contributed by atoms with Gasteiger partial charge in [-0.3, -0.25) is 0 Å². The van der Waals surface area contributed by atoms with Crippen molar-refractivity contribution >= 4 is 5.97 Å². The van der Waals surface area contributed by atoms with Gasteiger partial charge in [0.05, 0.1) is 32.0 Å². The largest absolute Gasteiger partial charge is 0.508 e. The average molecular weight is 360 g/mol. The third-order valence-corrected chi connectivity index (χ3v) is 3.56. The number of carbonyl (C=O) groups is 1. The van der Waals surface area contributed by atoms with Gasteiger partial charge < -0.3 is 29.2 Å². The van der Waals surface area contributed by atoms with Crippen molar-refractivity contribution in [2.24, 2.45) is 0 Å². The number of ether oxygens (including phenoxy) is 4. The highest BCUT2D eigenvalue weighted by Gasteiger charge is 2.26. The zero-order valence-electron chi connectivity index (χ0n) is 14.0. The lowest BCUT2D eigenvalue weighted by Gasteiger charge is -2.04. The number of esters is 1. The molecule has 7 nitrogen and oxygen atoms in total. The van der Waals surface area contributed by atoms with E-state index in [1.807, 2.05) is 0 Å². The molecule has 0 radical (unpaired) electrons. The molecule has 0 aromatic heterocycles. The van der Waals surface area contributed by atoms with Gasteiger partial charge >= 0.3 is 5.97 Å². The Morgan fingerprint density at radius 3 is 1.81 bits per heavy atom. The summed E-state index contributed by atoms with van der Waals surface area (Å²) in [5, 5.41) is 18.1. The van der Waals surface area contributed by atoms with E-state index in [0.29, 0.717) is 23.5 Å². The lowest BCUT2D eigenvalue weighted by atomic mass is 10.2. The van der Waals surface area contributed by atoms with Gasteiger partial charge in [0.2, 0.25) is 0 Å². The van der Waals surface area contributed by atoms with Crippen LogP contribution in [0, 0.1) is 0 Å². The van der Waals surface area contributed by atoms with Crippen LogP contribution in [0.1, 0.15) is 10.4 Å². The first-order chi connectivity index (χ1) is 12.6. The van der Waals surface area contributed by atoms with Crippen molar-refractivity contribution in [2.45, 2.75) is 12.2 Å². The Morgan fingerprint density at radius 1 is 0.885 bits per heavy atom. The maximum atomic E-state index is 11.6.